The van der Waals surface area contributed by atoms with Gasteiger partial charge >= 0.3 is 0 Å². The van der Waals surface area contributed by atoms with Crippen molar-refractivity contribution in [2.75, 3.05) is 7.05 Å². The van der Waals surface area contributed by atoms with Crippen LogP contribution in [0.5, 0.6) is 0 Å². The number of rotatable bonds is 5. The van der Waals surface area contributed by atoms with Crippen molar-refractivity contribution >= 4 is 28.5 Å². The summed E-state index contributed by atoms with van der Waals surface area (Å²) in [4.78, 5) is 23.2. The van der Waals surface area contributed by atoms with Crippen LogP contribution in [0.15, 0.2) is 72.9 Å². The van der Waals surface area contributed by atoms with E-state index in [9.17, 15) is 4.79 Å². The Morgan fingerprint density at radius 3 is 2.54 bits per heavy atom. The van der Waals surface area contributed by atoms with Crippen LogP contribution in [-0.2, 0) is 13.1 Å². The quantitative estimate of drug-likeness (QED) is 0.507. The highest BCUT2D eigenvalue weighted by atomic mass is 35.5. The molecule has 0 saturated heterocycles. The average molecular weight is 391 g/mol. The summed E-state index contributed by atoms with van der Waals surface area (Å²) in [6.45, 7) is 1.04. The number of imidazole rings is 1. The molecular weight excluding hydrogens is 372 g/mol. The number of hydrogen-bond donors (Lipinski definition) is 0. The molecule has 0 aliphatic heterocycles. The molecule has 0 aliphatic rings. The molecule has 4 rings (SSSR count). The molecule has 2 aromatic heterocycles. The first-order chi connectivity index (χ1) is 13.6. The van der Waals surface area contributed by atoms with Gasteiger partial charge in [0.1, 0.15) is 11.5 Å². The molecule has 0 unspecified atom stereocenters. The molecule has 0 saturated carbocycles. The van der Waals surface area contributed by atoms with E-state index in [0.717, 1.165) is 22.4 Å². The molecule has 6 heteroatoms. The summed E-state index contributed by atoms with van der Waals surface area (Å²) in [6, 6.07) is 21.1. The van der Waals surface area contributed by atoms with E-state index in [0.29, 0.717) is 23.8 Å². The lowest BCUT2D eigenvalue weighted by Gasteiger charge is -2.18. The van der Waals surface area contributed by atoms with Gasteiger partial charge in [0.2, 0.25) is 0 Å². The Hall–Kier alpha value is -3.18. The summed E-state index contributed by atoms with van der Waals surface area (Å²) in [6.07, 6.45) is 1.62. The first-order valence-corrected chi connectivity index (χ1v) is 9.35. The second-order valence-electron chi connectivity index (χ2n) is 6.61. The predicted octanol–water partition coefficient (Wildman–Crippen LogP) is 4.41. The number of benzene rings is 2. The van der Waals surface area contributed by atoms with Gasteiger partial charge < -0.3 is 9.47 Å². The van der Waals surface area contributed by atoms with E-state index in [1.54, 1.807) is 30.3 Å². The Bertz CT molecular complexity index is 1110. The highest BCUT2D eigenvalue weighted by Crippen LogP contribution is 2.20. The smallest absolute Gasteiger partial charge is 0.272 e. The summed E-state index contributed by atoms with van der Waals surface area (Å²) in [5, 5.41) is 0.708. The molecule has 4 aromatic rings. The Labute approximate surface area is 168 Å². The first kappa shape index (κ1) is 18.2. The van der Waals surface area contributed by atoms with E-state index < -0.39 is 0 Å². The minimum Gasteiger partial charge on any atom is -0.333 e. The maximum Gasteiger partial charge on any atom is 0.272 e. The zero-order valence-corrected chi connectivity index (χ0v) is 16.2. The highest BCUT2D eigenvalue weighted by molar-refractivity contribution is 6.30. The van der Waals surface area contributed by atoms with Crippen molar-refractivity contribution in [3.05, 3.63) is 95.0 Å². The number of para-hydroxylation sites is 2. The molecule has 0 atom stereocenters. The van der Waals surface area contributed by atoms with Crippen molar-refractivity contribution in [2.24, 2.45) is 0 Å². The minimum absolute atomic E-state index is 0.134. The summed E-state index contributed by atoms with van der Waals surface area (Å²) < 4.78 is 2.14. The molecule has 0 spiro atoms. The molecule has 5 nitrogen and oxygen atoms in total. The number of pyridine rings is 1. The van der Waals surface area contributed by atoms with Gasteiger partial charge in [0.15, 0.2) is 0 Å². The number of aromatic nitrogens is 3. The van der Waals surface area contributed by atoms with Gasteiger partial charge in [-0.3, -0.25) is 9.78 Å². The monoisotopic (exact) mass is 390 g/mol. The highest BCUT2D eigenvalue weighted by Gasteiger charge is 2.17. The number of fused-ring (bicyclic) bond motifs is 1. The van der Waals surface area contributed by atoms with Gasteiger partial charge in [0.25, 0.3) is 5.91 Å². The SMILES string of the molecule is CN(Cc1nc2ccccc2n1Cc1ccc(Cl)cc1)C(=O)c1ccccn1. The van der Waals surface area contributed by atoms with Crippen molar-refractivity contribution in [2.45, 2.75) is 13.1 Å². The van der Waals surface area contributed by atoms with Gasteiger partial charge in [-0.05, 0) is 42.0 Å². The van der Waals surface area contributed by atoms with Crippen molar-refractivity contribution in [3.8, 4) is 0 Å². The number of hydrogen-bond acceptors (Lipinski definition) is 3. The summed E-state index contributed by atoms with van der Waals surface area (Å²) in [5.74, 6) is 0.689. The van der Waals surface area contributed by atoms with Gasteiger partial charge in [0.05, 0.1) is 17.6 Å². The van der Waals surface area contributed by atoms with Crippen molar-refractivity contribution in [3.63, 3.8) is 0 Å². The fourth-order valence-electron chi connectivity index (χ4n) is 3.16. The van der Waals surface area contributed by atoms with Gasteiger partial charge in [-0.1, -0.05) is 41.9 Å². The lowest BCUT2D eigenvalue weighted by atomic mass is 10.2. The third-order valence-corrected chi connectivity index (χ3v) is 4.85. The second-order valence-corrected chi connectivity index (χ2v) is 7.04. The minimum atomic E-state index is -0.134. The third kappa shape index (κ3) is 3.75. The Kier molecular flexibility index (Phi) is 5.08. The number of amides is 1. The molecule has 2 heterocycles. The van der Waals surface area contributed by atoms with Crippen LogP contribution in [-0.4, -0.2) is 32.4 Å². The predicted molar refractivity (Wildman–Crippen MR) is 110 cm³/mol. The molecule has 2 aromatic carbocycles. The Morgan fingerprint density at radius 1 is 1.04 bits per heavy atom. The molecule has 28 heavy (non-hydrogen) atoms. The van der Waals surface area contributed by atoms with E-state index in [-0.39, 0.29) is 5.91 Å². The van der Waals surface area contributed by atoms with Crippen LogP contribution >= 0.6 is 11.6 Å². The van der Waals surface area contributed by atoms with Crippen molar-refractivity contribution < 1.29 is 4.79 Å². The van der Waals surface area contributed by atoms with Gasteiger partial charge in [-0.2, -0.15) is 0 Å². The molecule has 0 radical (unpaired) electrons. The van der Waals surface area contributed by atoms with Gasteiger partial charge in [-0.15, -0.1) is 0 Å². The van der Waals surface area contributed by atoms with Gasteiger partial charge in [0, 0.05) is 24.8 Å². The molecule has 0 N–H and O–H groups in total. The maximum absolute atomic E-state index is 12.7. The van der Waals surface area contributed by atoms with Crippen LogP contribution in [0.4, 0.5) is 0 Å². The second kappa shape index (κ2) is 7.82. The molecule has 0 aliphatic carbocycles. The number of carbonyl (C=O) groups excluding carboxylic acids is 1. The topological polar surface area (TPSA) is 51.0 Å². The van der Waals surface area contributed by atoms with E-state index in [4.69, 9.17) is 16.6 Å². The van der Waals surface area contributed by atoms with E-state index in [1.165, 1.54) is 0 Å². The third-order valence-electron chi connectivity index (χ3n) is 4.60. The van der Waals surface area contributed by atoms with Crippen LogP contribution < -0.4 is 0 Å². The summed E-state index contributed by atoms with van der Waals surface area (Å²) >= 11 is 6.01. The van der Waals surface area contributed by atoms with Crippen molar-refractivity contribution in [1.29, 1.82) is 0 Å². The fraction of sp³-hybridized carbons (Fsp3) is 0.136. The number of carbonyl (C=O) groups is 1. The first-order valence-electron chi connectivity index (χ1n) is 8.97. The lowest BCUT2D eigenvalue weighted by molar-refractivity contribution is 0.0774. The summed E-state index contributed by atoms with van der Waals surface area (Å²) in [7, 11) is 1.77. The molecule has 0 fully saturated rings. The van der Waals surface area contributed by atoms with Crippen LogP contribution in [0.3, 0.4) is 0 Å². The van der Waals surface area contributed by atoms with E-state index in [2.05, 4.69) is 9.55 Å². The number of nitrogens with zero attached hydrogens (tertiary/aromatic N) is 4. The molecule has 140 valence electrons. The Balaban J connectivity index is 1.66. The van der Waals surface area contributed by atoms with Crippen LogP contribution in [0, 0.1) is 0 Å². The molecule has 1 amide bonds. The van der Waals surface area contributed by atoms with Crippen LogP contribution in [0.1, 0.15) is 21.9 Å². The zero-order chi connectivity index (χ0) is 19.5. The standard InChI is InChI=1S/C22H19ClN4O/c1-26(22(28)19-7-4-5-13-24-19)15-21-25-18-6-2-3-8-20(18)27(21)14-16-9-11-17(23)12-10-16/h2-13H,14-15H2,1H3. The normalized spacial score (nSPS) is 10.9. The lowest BCUT2D eigenvalue weighted by Crippen LogP contribution is -2.28. The average Bonchev–Trinajstić information content (AvgIpc) is 3.06. The van der Waals surface area contributed by atoms with Gasteiger partial charge in [-0.25, -0.2) is 4.98 Å². The van der Waals surface area contributed by atoms with Crippen LogP contribution in [0.2, 0.25) is 5.02 Å². The maximum atomic E-state index is 12.7. The fourth-order valence-corrected chi connectivity index (χ4v) is 3.29. The molecular formula is C22H19ClN4O. The number of halogens is 1. The Morgan fingerprint density at radius 2 is 1.79 bits per heavy atom. The van der Waals surface area contributed by atoms with E-state index >= 15 is 0 Å². The molecule has 0 bridgehead atoms. The van der Waals surface area contributed by atoms with Crippen molar-refractivity contribution in [1.82, 2.24) is 19.4 Å². The summed E-state index contributed by atoms with van der Waals surface area (Å²) in [5.41, 5.74) is 3.48. The van der Waals surface area contributed by atoms with E-state index in [1.807, 2.05) is 54.6 Å². The zero-order valence-electron chi connectivity index (χ0n) is 15.4. The van der Waals surface area contributed by atoms with Crippen LogP contribution in [0.25, 0.3) is 11.0 Å². The largest absolute Gasteiger partial charge is 0.333 e.